The van der Waals surface area contributed by atoms with Crippen molar-refractivity contribution in [2.24, 2.45) is 0 Å². The molecule has 0 saturated heterocycles. The van der Waals surface area contributed by atoms with Crippen LogP contribution < -0.4 is 0 Å². The molecule has 0 fully saturated rings. The molecule has 1 aliphatic heterocycles. The van der Waals surface area contributed by atoms with Gasteiger partial charge in [-0.25, -0.2) is 4.70 Å². The van der Waals surface area contributed by atoms with Crippen LogP contribution >= 0.6 is 0 Å². The van der Waals surface area contributed by atoms with Crippen LogP contribution in [0, 0.1) is 0 Å². The van der Waals surface area contributed by atoms with Crippen molar-refractivity contribution in [2.45, 2.75) is 324 Å². The van der Waals surface area contributed by atoms with E-state index in [0.29, 0.717) is 0 Å². The van der Waals surface area contributed by atoms with Crippen LogP contribution in [0.5, 0.6) is 0 Å². The summed E-state index contributed by atoms with van der Waals surface area (Å²) in [7, 11) is 0. The molecular formula is C66H114N2Ni. The first-order valence-corrected chi connectivity index (χ1v) is 32.3. The van der Waals surface area contributed by atoms with E-state index in [-0.39, 0.29) is 0 Å². The molecule has 69 heavy (non-hydrogen) atoms. The SMILES string of the molecule is CCCCCCCCC1=C(c2cc(CCCCCC)c(CCCCCC)c(CCCCCC)c2)[N+](=[N-])C(c2cc(CCCCCC)c(CCCCCC)c(CCCCCC)c2)=C1CCCC.[CH3][Ni][CH3]. The van der Waals surface area contributed by atoms with E-state index < -0.39 is 0 Å². The summed E-state index contributed by atoms with van der Waals surface area (Å²) in [5.41, 5.74) is 30.7. The van der Waals surface area contributed by atoms with Crippen molar-refractivity contribution in [3.05, 3.63) is 85.5 Å². The van der Waals surface area contributed by atoms with Crippen LogP contribution in [0.1, 0.15) is 318 Å². The van der Waals surface area contributed by atoms with Gasteiger partial charge in [-0.1, -0.05) is 209 Å². The molecule has 0 radical (unpaired) electrons. The molecule has 398 valence electrons. The van der Waals surface area contributed by atoms with Crippen LogP contribution in [0.2, 0.25) is 11.8 Å². The van der Waals surface area contributed by atoms with E-state index in [1.165, 1.54) is 234 Å². The van der Waals surface area contributed by atoms with Crippen molar-refractivity contribution in [1.29, 1.82) is 0 Å². The molecule has 0 aromatic heterocycles. The van der Waals surface area contributed by atoms with Crippen LogP contribution in [-0.4, -0.2) is 4.70 Å². The Morgan fingerprint density at radius 2 is 0.522 bits per heavy atom. The summed E-state index contributed by atoms with van der Waals surface area (Å²) >= 11 is 1.62. The van der Waals surface area contributed by atoms with Crippen molar-refractivity contribution < 1.29 is 19.1 Å². The zero-order valence-corrected chi connectivity index (χ0v) is 48.8. The zero-order valence-electron chi connectivity index (χ0n) is 47.8. The molecule has 3 heteroatoms. The Morgan fingerprint density at radius 3 is 0.812 bits per heavy atom. The van der Waals surface area contributed by atoms with Crippen molar-refractivity contribution in [1.82, 2.24) is 0 Å². The van der Waals surface area contributed by atoms with Gasteiger partial charge in [0.1, 0.15) is 0 Å². The third kappa shape index (κ3) is 24.1. The van der Waals surface area contributed by atoms with Crippen molar-refractivity contribution in [2.75, 3.05) is 0 Å². The number of allylic oxidation sites excluding steroid dienone is 2. The molecule has 2 aromatic carbocycles. The first-order chi connectivity index (χ1) is 33.8. The summed E-state index contributed by atoms with van der Waals surface area (Å²) in [5.74, 6) is 4.12. The fraction of sp³-hybridized carbons (Fsp3) is 0.758. The molecule has 3 rings (SSSR count). The van der Waals surface area contributed by atoms with Crippen LogP contribution in [0.3, 0.4) is 0 Å². The number of hydrogen-bond donors (Lipinski definition) is 0. The molecule has 0 N–H and O–H groups in total. The van der Waals surface area contributed by atoms with Crippen LogP contribution in [0.25, 0.3) is 16.9 Å². The summed E-state index contributed by atoms with van der Waals surface area (Å²) in [6.07, 6.45) is 50.4. The average molecular weight is 994 g/mol. The predicted octanol–water partition coefficient (Wildman–Crippen LogP) is 22.7. The van der Waals surface area contributed by atoms with Gasteiger partial charge in [-0.05, 0) is 160 Å². The van der Waals surface area contributed by atoms with Crippen molar-refractivity contribution >= 4 is 11.4 Å². The molecule has 1 heterocycles. The molecule has 0 atom stereocenters. The Kier molecular flexibility index (Phi) is 38.0. The number of unbranched alkanes of at least 4 members (excludes halogenated alkanes) is 24. The summed E-state index contributed by atoms with van der Waals surface area (Å²) in [4.78, 5) is 0. The fourth-order valence-corrected chi connectivity index (χ4v) is 11.0. The molecule has 0 unspecified atom stereocenters. The Bertz CT molecular complexity index is 1630. The van der Waals surface area contributed by atoms with E-state index in [1.807, 2.05) is 0 Å². The summed E-state index contributed by atoms with van der Waals surface area (Å²) < 4.78 is 1.79. The van der Waals surface area contributed by atoms with Crippen LogP contribution in [0.4, 0.5) is 0 Å². The van der Waals surface area contributed by atoms with E-state index in [4.69, 9.17) is 0 Å². The molecular weight excluding hydrogens is 879 g/mol. The van der Waals surface area contributed by atoms with Gasteiger partial charge < -0.3 is 5.53 Å². The predicted molar refractivity (Wildman–Crippen MR) is 307 cm³/mol. The maximum absolute atomic E-state index is 13.3. The number of hydrogen-bond acceptors (Lipinski definition) is 0. The normalized spacial score (nSPS) is 12.8. The molecule has 0 aliphatic carbocycles. The second-order valence-corrected chi connectivity index (χ2v) is 22.3. The Morgan fingerprint density at radius 1 is 0.304 bits per heavy atom. The van der Waals surface area contributed by atoms with E-state index in [9.17, 15) is 5.53 Å². The van der Waals surface area contributed by atoms with Gasteiger partial charge in [0.15, 0.2) is 0 Å². The molecule has 0 saturated carbocycles. The first kappa shape index (κ1) is 63.1. The molecule has 1 aliphatic rings. The fourth-order valence-electron chi connectivity index (χ4n) is 11.0. The van der Waals surface area contributed by atoms with Gasteiger partial charge >= 0.3 is 26.2 Å². The second-order valence-electron chi connectivity index (χ2n) is 21.3. The van der Waals surface area contributed by atoms with Gasteiger partial charge in [-0.2, -0.15) is 0 Å². The third-order valence-electron chi connectivity index (χ3n) is 15.1. The number of rotatable bonds is 42. The molecule has 2 nitrogen and oxygen atoms in total. The van der Waals surface area contributed by atoms with Crippen LogP contribution in [0.15, 0.2) is 35.4 Å². The summed E-state index contributed by atoms with van der Waals surface area (Å²) in [6, 6.07) is 10.4. The van der Waals surface area contributed by atoms with Gasteiger partial charge in [-0.15, -0.1) is 0 Å². The summed E-state index contributed by atoms with van der Waals surface area (Å²) in [6.45, 7) is 18.7. The maximum atomic E-state index is 13.3. The first-order valence-electron chi connectivity index (χ1n) is 30.3. The summed E-state index contributed by atoms with van der Waals surface area (Å²) in [5, 5.41) is 0. The minimum atomic E-state index is 1.04. The van der Waals surface area contributed by atoms with Crippen molar-refractivity contribution in [3.8, 4) is 0 Å². The number of nitrogens with zero attached hydrogens (tertiary/aromatic N) is 2. The zero-order chi connectivity index (χ0) is 50.3. The minimum absolute atomic E-state index is 1.04. The molecule has 0 bridgehead atoms. The molecule has 2 aromatic rings. The second kappa shape index (κ2) is 41.5. The van der Waals surface area contributed by atoms with Gasteiger partial charge in [0.05, 0.1) is 0 Å². The molecule has 0 spiro atoms. The monoisotopic (exact) mass is 993 g/mol. The van der Waals surface area contributed by atoms with Gasteiger partial charge in [0.2, 0.25) is 11.4 Å². The Labute approximate surface area is 437 Å². The van der Waals surface area contributed by atoms with E-state index in [0.717, 1.165) is 56.3 Å². The molecule has 0 amide bonds. The Hall–Kier alpha value is -1.99. The van der Waals surface area contributed by atoms with E-state index >= 15 is 0 Å². The van der Waals surface area contributed by atoms with Crippen molar-refractivity contribution in [3.63, 3.8) is 0 Å². The third-order valence-corrected chi connectivity index (χ3v) is 15.1. The van der Waals surface area contributed by atoms with Crippen LogP contribution in [-0.2, 0) is 53.0 Å². The Balaban J connectivity index is 0.00000530. The van der Waals surface area contributed by atoms with Gasteiger partial charge in [-0.3, -0.25) is 0 Å². The standard InChI is InChI=1S/C64H108N2.2CH3.Ni/c1-9-17-25-32-33-40-48-62-61(45-24-16-8)63(57-49-53(41-34-26-18-10-2)59(46-38-30-22-14-6)54(50-57)42-35-27-19-11-3)66(65)64(62)58-51-55(43-36-28-20-12-4)60(47-39-31-23-15-7)56(52-58)44-37-29-21-13-5;;;/h49-52H,9-48H2,1-8H3;2*1H3;. The average Bonchev–Trinajstić information content (AvgIpc) is 3.63. The topological polar surface area (TPSA) is 25.3 Å². The van der Waals surface area contributed by atoms with E-state index in [2.05, 4.69) is 91.4 Å². The van der Waals surface area contributed by atoms with E-state index in [1.54, 1.807) is 52.5 Å². The van der Waals surface area contributed by atoms with Gasteiger partial charge in [0, 0.05) is 22.3 Å². The quantitative estimate of drug-likeness (QED) is 0.0360. The van der Waals surface area contributed by atoms with Gasteiger partial charge in [0.25, 0.3) is 0 Å². The number of aryl methyl sites for hydroxylation is 4. The number of benzene rings is 2.